The summed E-state index contributed by atoms with van der Waals surface area (Å²) in [7, 11) is 3.57. The third-order valence-corrected chi connectivity index (χ3v) is 4.87. The van der Waals surface area contributed by atoms with Crippen LogP contribution in [0, 0.1) is 6.92 Å². The van der Waals surface area contributed by atoms with Gasteiger partial charge in [0.25, 0.3) is 11.5 Å². The number of methoxy groups -OCH3 is 1. The molecule has 0 atom stereocenters. The lowest BCUT2D eigenvalue weighted by atomic mass is 9.92. The Kier molecular flexibility index (Phi) is 5.75. The summed E-state index contributed by atoms with van der Waals surface area (Å²) in [5.74, 6) is -0.196. The van der Waals surface area contributed by atoms with E-state index >= 15 is 0 Å². The molecule has 0 fully saturated rings. The van der Waals surface area contributed by atoms with Crippen molar-refractivity contribution in [3.63, 3.8) is 0 Å². The molecular formula is C21H26BN3O3. The van der Waals surface area contributed by atoms with Crippen LogP contribution in [-0.2, 0) is 17.9 Å². The predicted octanol–water partition coefficient (Wildman–Crippen LogP) is 1.55. The van der Waals surface area contributed by atoms with Crippen LogP contribution in [-0.4, -0.2) is 30.4 Å². The van der Waals surface area contributed by atoms with Crippen molar-refractivity contribution in [1.29, 1.82) is 0 Å². The van der Waals surface area contributed by atoms with Gasteiger partial charge in [0.05, 0.1) is 6.61 Å². The number of nitrogens with zero attached hydrogens (tertiary/aromatic N) is 1. The van der Waals surface area contributed by atoms with Crippen molar-refractivity contribution in [1.82, 2.24) is 14.9 Å². The van der Waals surface area contributed by atoms with Crippen molar-refractivity contribution < 1.29 is 9.53 Å². The molecule has 0 aliphatic heterocycles. The number of amides is 1. The number of rotatable bonds is 6. The third kappa shape index (κ3) is 3.89. The fourth-order valence-electron chi connectivity index (χ4n) is 3.57. The van der Waals surface area contributed by atoms with Crippen LogP contribution >= 0.6 is 0 Å². The Labute approximate surface area is 165 Å². The van der Waals surface area contributed by atoms with Crippen molar-refractivity contribution in [3.8, 4) is 0 Å². The van der Waals surface area contributed by atoms with Crippen molar-refractivity contribution in [3.05, 3.63) is 63.2 Å². The zero-order chi connectivity index (χ0) is 20.4. The van der Waals surface area contributed by atoms with Gasteiger partial charge in [-0.1, -0.05) is 11.5 Å². The highest BCUT2D eigenvalue weighted by Crippen LogP contribution is 2.22. The molecule has 0 aliphatic rings. The first-order valence-electron chi connectivity index (χ1n) is 9.41. The smallest absolute Gasteiger partial charge is 0.253 e. The molecule has 6 nitrogen and oxygen atoms in total. The second-order valence-corrected chi connectivity index (χ2v) is 7.46. The van der Waals surface area contributed by atoms with Crippen LogP contribution in [0.5, 0.6) is 0 Å². The molecular weight excluding hydrogens is 353 g/mol. The molecule has 2 heterocycles. The number of pyridine rings is 1. The minimum absolute atomic E-state index is 0.146. The Morgan fingerprint density at radius 3 is 2.75 bits per heavy atom. The summed E-state index contributed by atoms with van der Waals surface area (Å²) in [5.41, 5.74) is 4.54. The third-order valence-electron chi connectivity index (χ3n) is 4.87. The van der Waals surface area contributed by atoms with Gasteiger partial charge in [-0.15, -0.1) is 0 Å². The van der Waals surface area contributed by atoms with Gasteiger partial charge in [0.2, 0.25) is 0 Å². The van der Waals surface area contributed by atoms with E-state index in [0.717, 1.165) is 27.6 Å². The van der Waals surface area contributed by atoms with Gasteiger partial charge in [-0.25, -0.2) is 0 Å². The summed E-state index contributed by atoms with van der Waals surface area (Å²) < 4.78 is 7.35. The van der Waals surface area contributed by atoms with Gasteiger partial charge in [-0.05, 0) is 44.5 Å². The fraction of sp³-hybridized carbons (Fsp3) is 0.333. The van der Waals surface area contributed by atoms with Gasteiger partial charge in [-0.2, -0.15) is 0 Å². The zero-order valence-corrected chi connectivity index (χ0v) is 17.1. The van der Waals surface area contributed by atoms with E-state index < -0.39 is 0 Å². The van der Waals surface area contributed by atoms with E-state index in [9.17, 15) is 9.59 Å². The Morgan fingerprint density at radius 1 is 1.32 bits per heavy atom. The van der Waals surface area contributed by atoms with Crippen LogP contribution < -0.4 is 16.3 Å². The van der Waals surface area contributed by atoms with E-state index in [2.05, 4.69) is 34.8 Å². The molecule has 0 bridgehead atoms. The summed E-state index contributed by atoms with van der Waals surface area (Å²) in [6.07, 6.45) is 2.01. The molecule has 2 aromatic heterocycles. The molecule has 1 amide bonds. The van der Waals surface area contributed by atoms with Crippen LogP contribution in [0.1, 0.15) is 47.1 Å². The molecule has 2 N–H and O–H groups in total. The molecule has 7 heteroatoms. The maximum Gasteiger partial charge on any atom is 0.253 e. The summed E-state index contributed by atoms with van der Waals surface area (Å²) in [6.45, 7) is 6.52. The normalized spacial score (nSPS) is 11.3. The van der Waals surface area contributed by atoms with Crippen molar-refractivity contribution >= 4 is 30.1 Å². The first kappa shape index (κ1) is 20.0. The van der Waals surface area contributed by atoms with Gasteiger partial charge >= 0.3 is 0 Å². The number of aryl methyl sites for hydroxylation is 1. The number of hydrogen-bond donors (Lipinski definition) is 2. The second-order valence-electron chi connectivity index (χ2n) is 7.46. The van der Waals surface area contributed by atoms with Gasteiger partial charge in [0, 0.05) is 53.6 Å². The van der Waals surface area contributed by atoms with E-state index in [-0.39, 0.29) is 18.0 Å². The Morgan fingerprint density at radius 2 is 2.07 bits per heavy atom. The fourth-order valence-corrected chi connectivity index (χ4v) is 3.57. The summed E-state index contributed by atoms with van der Waals surface area (Å²) >= 11 is 0. The number of hydrogen-bond acceptors (Lipinski definition) is 3. The lowest BCUT2D eigenvalue weighted by Gasteiger charge is -2.13. The molecule has 3 aromatic rings. The lowest BCUT2D eigenvalue weighted by Crippen LogP contribution is -2.29. The number of aromatic amines is 1. The van der Waals surface area contributed by atoms with E-state index in [4.69, 9.17) is 4.74 Å². The monoisotopic (exact) mass is 379 g/mol. The molecule has 3 rings (SSSR count). The molecule has 0 unspecified atom stereocenters. The maximum absolute atomic E-state index is 12.9. The molecule has 0 aliphatic carbocycles. The van der Waals surface area contributed by atoms with E-state index in [1.165, 1.54) is 0 Å². The number of carbonyl (C=O) groups is 1. The Balaban J connectivity index is 1.92. The molecule has 1 aromatic carbocycles. The molecule has 0 saturated heterocycles. The average molecular weight is 379 g/mol. The maximum atomic E-state index is 12.9. The standard InChI is InChI=1S/C21H26BN3O3/c1-12(2)25-6-5-16-17(8-15(22)9-19(16)25)20(26)23-10-18-14(11-28-4)7-13(3)24-21(18)27/h5-9,12H,10-11,22H2,1-4H3,(H,23,26)(H,24,27). The number of nitrogens with one attached hydrogen (secondary N) is 2. The van der Waals surface area contributed by atoms with Crippen molar-refractivity contribution in [2.24, 2.45) is 0 Å². The largest absolute Gasteiger partial charge is 0.380 e. The number of H-pyrrole nitrogens is 1. The Hall–Kier alpha value is -2.80. The van der Waals surface area contributed by atoms with E-state index in [1.807, 2.05) is 39.2 Å². The van der Waals surface area contributed by atoms with Gasteiger partial charge in [-0.3, -0.25) is 9.59 Å². The highest BCUT2D eigenvalue weighted by molar-refractivity contribution is 6.34. The number of carbonyl (C=O) groups excluding carboxylic acids is 1. The second kappa shape index (κ2) is 8.06. The van der Waals surface area contributed by atoms with Gasteiger partial charge in [0.1, 0.15) is 7.85 Å². The number of aromatic nitrogens is 2. The van der Waals surface area contributed by atoms with Crippen LogP contribution in [0.4, 0.5) is 0 Å². The topological polar surface area (TPSA) is 76.1 Å². The lowest BCUT2D eigenvalue weighted by molar-refractivity contribution is 0.0952. The van der Waals surface area contributed by atoms with Crippen LogP contribution in [0.2, 0.25) is 0 Å². The number of ether oxygens (including phenoxy) is 1. The number of fused-ring (bicyclic) bond motifs is 1. The first-order valence-corrected chi connectivity index (χ1v) is 9.41. The number of benzene rings is 1. The highest BCUT2D eigenvalue weighted by Gasteiger charge is 2.16. The summed E-state index contributed by atoms with van der Waals surface area (Å²) in [5, 5.41) is 3.82. The van der Waals surface area contributed by atoms with E-state index in [0.29, 0.717) is 23.8 Å². The van der Waals surface area contributed by atoms with E-state index in [1.54, 1.807) is 7.11 Å². The van der Waals surface area contributed by atoms with Gasteiger partial charge in [0.15, 0.2) is 0 Å². The summed E-state index contributed by atoms with van der Waals surface area (Å²) in [4.78, 5) is 28.1. The molecule has 146 valence electrons. The molecule has 28 heavy (non-hydrogen) atoms. The van der Waals surface area contributed by atoms with Gasteiger partial charge < -0.3 is 19.6 Å². The van der Waals surface area contributed by atoms with Crippen LogP contribution in [0.25, 0.3) is 10.9 Å². The Bertz CT molecular complexity index is 1080. The molecule has 0 spiro atoms. The first-order chi connectivity index (χ1) is 13.3. The average Bonchev–Trinajstić information content (AvgIpc) is 3.04. The molecule has 0 radical (unpaired) electrons. The van der Waals surface area contributed by atoms with Crippen molar-refractivity contribution in [2.45, 2.75) is 40.0 Å². The zero-order valence-electron chi connectivity index (χ0n) is 17.1. The SMILES string of the molecule is Bc1cc(C(=O)NCc2c(COC)cc(C)[nH]c2=O)c2ccn(C(C)C)c2c1. The van der Waals surface area contributed by atoms with Crippen molar-refractivity contribution in [2.75, 3.05) is 7.11 Å². The minimum atomic E-state index is -0.201. The molecule has 0 saturated carbocycles. The van der Waals surface area contributed by atoms with Crippen LogP contribution in [0.15, 0.2) is 35.3 Å². The summed E-state index contributed by atoms with van der Waals surface area (Å²) in [6, 6.07) is 8.13. The van der Waals surface area contributed by atoms with Crippen LogP contribution in [0.3, 0.4) is 0 Å². The minimum Gasteiger partial charge on any atom is -0.380 e. The highest BCUT2D eigenvalue weighted by atomic mass is 16.5. The predicted molar refractivity (Wildman–Crippen MR) is 114 cm³/mol. The quantitative estimate of drug-likeness (QED) is 0.639.